The van der Waals surface area contributed by atoms with Crippen LogP contribution in [0.5, 0.6) is 5.75 Å². The lowest BCUT2D eigenvalue weighted by molar-refractivity contribution is -0.125. The Kier molecular flexibility index (Phi) is 4.62. The van der Waals surface area contributed by atoms with Crippen LogP contribution in [0.4, 0.5) is 8.78 Å². The van der Waals surface area contributed by atoms with Crippen LogP contribution in [-0.4, -0.2) is 25.5 Å². The summed E-state index contributed by atoms with van der Waals surface area (Å²) in [5, 5.41) is 2.70. The lowest BCUT2D eigenvalue weighted by Gasteiger charge is -2.34. The number of benzene rings is 1. The Bertz CT molecular complexity index is 500. The van der Waals surface area contributed by atoms with Crippen LogP contribution < -0.4 is 10.1 Å². The average Bonchev–Trinajstić information content (AvgIpc) is 2.34. The monoisotopic (exact) mass is 347 g/mol. The second-order valence-electron chi connectivity index (χ2n) is 5.07. The maximum atomic E-state index is 12.7. The number of hydrogen-bond donors (Lipinski definition) is 1. The van der Waals surface area contributed by atoms with Gasteiger partial charge in [-0.15, -0.1) is 0 Å². The summed E-state index contributed by atoms with van der Waals surface area (Å²) in [6.45, 7) is 0.310. The van der Waals surface area contributed by atoms with Crippen molar-refractivity contribution in [1.82, 2.24) is 5.32 Å². The number of nitrogens with one attached hydrogen (secondary N) is 1. The molecule has 1 aromatic carbocycles. The third kappa shape index (κ3) is 3.91. The van der Waals surface area contributed by atoms with Gasteiger partial charge in [-0.25, -0.2) is 8.78 Å². The molecule has 1 aromatic rings. The van der Waals surface area contributed by atoms with Crippen molar-refractivity contribution in [3.63, 3.8) is 0 Å². The van der Waals surface area contributed by atoms with Crippen molar-refractivity contribution < 1.29 is 18.3 Å². The first-order chi connectivity index (χ1) is 9.39. The predicted molar refractivity (Wildman–Crippen MR) is 75.1 cm³/mol. The normalized spacial score (nSPS) is 17.4. The van der Waals surface area contributed by atoms with Crippen LogP contribution in [-0.2, 0) is 11.2 Å². The smallest absolute Gasteiger partial charge is 0.248 e. The van der Waals surface area contributed by atoms with Gasteiger partial charge in [0, 0.05) is 29.4 Å². The molecule has 1 aliphatic carbocycles. The van der Waals surface area contributed by atoms with Gasteiger partial charge in [0.2, 0.25) is 11.8 Å². The van der Waals surface area contributed by atoms with Gasteiger partial charge in [0.25, 0.3) is 0 Å². The van der Waals surface area contributed by atoms with E-state index in [2.05, 4.69) is 21.2 Å². The minimum atomic E-state index is -2.54. The van der Waals surface area contributed by atoms with Gasteiger partial charge in [0.1, 0.15) is 5.75 Å². The van der Waals surface area contributed by atoms with Crippen LogP contribution in [0.15, 0.2) is 22.7 Å². The number of carbonyl (C=O) groups excluding carboxylic acids is 1. The molecule has 0 atom stereocenters. The van der Waals surface area contributed by atoms with Crippen LogP contribution in [0.3, 0.4) is 0 Å². The molecule has 0 bridgehead atoms. The molecule has 20 heavy (non-hydrogen) atoms. The van der Waals surface area contributed by atoms with Gasteiger partial charge in [-0.05, 0) is 24.1 Å². The van der Waals surface area contributed by atoms with E-state index >= 15 is 0 Å². The van der Waals surface area contributed by atoms with Gasteiger partial charge >= 0.3 is 0 Å². The number of methoxy groups -OCH3 is 1. The van der Waals surface area contributed by atoms with Crippen molar-refractivity contribution in [1.29, 1.82) is 0 Å². The van der Waals surface area contributed by atoms with Crippen LogP contribution in [0.1, 0.15) is 18.4 Å². The second kappa shape index (κ2) is 6.08. The molecule has 0 saturated heterocycles. The van der Waals surface area contributed by atoms with Crippen molar-refractivity contribution in [3.8, 4) is 5.75 Å². The Labute approximate surface area is 124 Å². The molecule has 0 aliphatic heterocycles. The van der Waals surface area contributed by atoms with E-state index in [1.54, 1.807) is 13.2 Å². The van der Waals surface area contributed by atoms with Crippen molar-refractivity contribution in [2.24, 2.45) is 5.92 Å². The Morgan fingerprint density at radius 2 is 2.20 bits per heavy atom. The molecule has 0 radical (unpaired) electrons. The van der Waals surface area contributed by atoms with Crippen LogP contribution in [0.25, 0.3) is 0 Å². The summed E-state index contributed by atoms with van der Waals surface area (Å²) >= 11 is 3.34. The van der Waals surface area contributed by atoms with E-state index in [9.17, 15) is 13.6 Å². The Balaban J connectivity index is 1.84. The first-order valence-electron chi connectivity index (χ1n) is 6.36. The van der Waals surface area contributed by atoms with Gasteiger partial charge in [0.15, 0.2) is 0 Å². The van der Waals surface area contributed by atoms with Crippen molar-refractivity contribution in [2.75, 3.05) is 13.7 Å². The zero-order valence-electron chi connectivity index (χ0n) is 11.1. The fourth-order valence-corrected chi connectivity index (χ4v) is 2.72. The molecular weight excluding hydrogens is 332 g/mol. The fraction of sp³-hybridized carbons (Fsp3) is 0.500. The van der Waals surface area contributed by atoms with E-state index in [1.807, 2.05) is 12.1 Å². The molecule has 1 amide bonds. The van der Waals surface area contributed by atoms with Crippen molar-refractivity contribution in [3.05, 3.63) is 28.2 Å². The zero-order valence-corrected chi connectivity index (χ0v) is 12.7. The first-order valence-corrected chi connectivity index (χ1v) is 7.16. The highest BCUT2D eigenvalue weighted by Crippen LogP contribution is 2.41. The van der Waals surface area contributed by atoms with E-state index in [0.717, 1.165) is 10.0 Å². The molecule has 0 spiro atoms. The summed E-state index contributed by atoms with van der Waals surface area (Å²) in [6.07, 6.45) is -0.0906. The summed E-state index contributed by atoms with van der Waals surface area (Å²) in [5.41, 5.74) is 0.762. The molecule has 1 saturated carbocycles. The Morgan fingerprint density at radius 3 is 2.80 bits per heavy atom. The number of carbonyl (C=O) groups is 1. The number of ether oxygens (including phenoxy) is 1. The number of alkyl halides is 2. The molecular formula is C14H16BrF2NO2. The van der Waals surface area contributed by atoms with E-state index in [1.165, 1.54) is 0 Å². The number of hydrogen-bond acceptors (Lipinski definition) is 2. The fourth-order valence-electron chi connectivity index (χ4n) is 2.31. The van der Waals surface area contributed by atoms with Gasteiger partial charge in [0.05, 0.1) is 13.5 Å². The highest BCUT2D eigenvalue weighted by molar-refractivity contribution is 9.10. The highest BCUT2D eigenvalue weighted by Gasteiger charge is 2.44. The van der Waals surface area contributed by atoms with E-state index in [-0.39, 0.29) is 31.1 Å². The number of halogens is 3. The Morgan fingerprint density at radius 1 is 1.50 bits per heavy atom. The average molecular weight is 348 g/mol. The third-order valence-electron chi connectivity index (χ3n) is 3.36. The highest BCUT2D eigenvalue weighted by atomic mass is 79.9. The minimum Gasteiger partial charge on any atom is -0.496 e. The van der Waals surface area contributed by atoms with Gasteiger partial charge in [-0.2, -0.15) is 0 Å². The molecule has 6 heteroatoms. The number of amides is 1. The van der Waals surface area contributed by atoms with Gasteiger partial charge < -0.3 is 10.1 Å². The standard InChI is InChI=1S/C14H16BrF2NO2/c1-20-12-3-2-11(15)4-10(12)5-13(19)18-8-9-6-14(16,17)7-9/h2-4,9H,5-8H2,1H3,(H,18,19). The molecule has 1 N–H and O–H groups in total. The molecule has 0 heterocycles. The summed E-state index contributed by atoms with van der Waals surface area (Å²) in [7, 11) is 1.54. The lowest BCUT2D eigenvalue weighted by atomic mass is 9.81. The van der Waals surface area contributed by atoms with Gasteiger partial charge in [-0.1, -0.05) is 15.9 Å². The molecule has 3 nitrogen and oxygen atoms in total. The maximum Gasteiger partial charge on any atom is 0.248 e. The first kappa shape index (κ1) is 15.2. The maximum absolute atomic E-state index is 12.7. The third-order valence-corrected chi connectivity index (χ3v) is 3.85. The topological polar surface area (TPSA) is 38.3 Å². The Hall–Kier alpha value is -1.17. The van der Waals surface area contributed by atoms with Crippen LogP contribution in [0.2, 0.25) is 0 Å². The van der Waals surface area contributed by atoms with Crippen molar-refractivity contribution in [2.45, 2.75) is 25.2 Å². The largest absolute Gasteiger partial charge is 0.496 e. The van der Waals surface area contributed by atoms with Crippen LogP contribution >= 0.6 is 15.9 Å². The summed E-state index contributed by atoms with van der Waals surface area (Å²) < 4.78 is 31.4. The van der Waals surface area contributed by atoms with Crippen LogP contribution in [0, 0.1) is 5.92 Å². The lowest BCUT2D eigenvalue weighted by Crippen LogP contribution is -2.42. The molecule has 110 valence electrons. The molecule has 0 unspecified atom stereocenters. The minimum absolute atomic E-state index is 0.113. The molecule has 1 aliphatic rings. The molecule has 1 fully saturated rings. The van der Waals surface area contributed by atoms with E-state index < -0.39 is 5.92 Å². The molecule has 0 aromatic heterocycles. The van der Waals surface area contributed by atoms with Crippen molar-refractivity contribution >= 4 is 21.8 Å². The quantitative estimate of drug-likeness (QED) is 0.888. The predicted octanol–water partition coefficient (Wildman–Crippen LogP) is 3.16. The van der Waals surface area contributed by atoms with E-state index in [4.69, 9.17) is 4.74 Å². The summed E-state index contributed by atoms with van der Waals surface area (Å²) in [4.78, 5) is 11.8. The summed E-state index contributed by atoms with van der Waals surface area (Å²) in [6, 6.07) is 5.42. The summed E-state index contributed by atoms with van der Waals surface area (Å²) in [5.74, 6) is -2.20. The van der Waals surface area contributed by atoms with Gasteiger partial charge in [-0.3, -0.25) is 4.79 Å². The SMILES string of the molecule is COc1ccc(Br)cc1CC(=O)NCC1CC(F)(F)C1. The molecule has 2 rings (SSSR count). The van der Waals surface area contributed by atoms with E-state index in [0.29, 0.717) is 12.3 Å². The number of rotatable bonds is 5. The zero-order chi connectivity index (χ0) is 14.8. The second-order valence-corrected chi connectivity index (χ2v) is 5.98.